The van der Waals surface area contributed by atoms with Crippen LogP contribution in [0.5, 0.6) is 0 Å². The highest BCUT2D eigenvalue weighted by molar-refractivity contribution is 7.22. The van der Waals surface area contributed by atoms with Crippen molar-refractivity contribution in [1.29, 1.82) is 0 Å². The van der Waals surface area contributed by atoms with Gasteiger partial charge in [-0.05, 0) is 25.5 Å². The molecule has 0 saturated carbocycles. The van der Waals surface area contributed by atoms with E-state index in [1.54, 1.807) is 12.0 Å². The van der Waals surface area contributed by atoms with E-state index in [9.17, 15) is 9.59 Å². The molecule has 1 aromatic heterocycles. The second kappa shape index (κ2) is 6.86. The molecule has 2 heterocycles. The lowest BCUT2D eigenvalue weighted by molar-refractivity contribution is -0.130. The average Bonchev–Trinajstić information content (AvgIpc) is 3.11. The molecular weight excluding hydrogens is 326 g/mol. The van der Waals surface area contributed by atoms with E-state index in [4.69, 9.17) is 4.74 Å². The summed E-state index contributed by atoms with van der Waals surface area (Å²) in [5.41, 5.74) is 2.00. The van der Waals surface area contributed by atoms with Gasteiger partial charge in [0, 0.05) is 20.1 Å². The first-order chi connectivity index (χ1) is 11.5. The summed E-state index contributed by atoms with van der Waals surface area (Å²) in [6.07, 6.45) is 0.240. The van der Waals surface area contributed by atoms with Crippen molar-refractivity contribution in [1.82, 2.24) is 9.88 Å². The van der Waals surface area contributed by atoms with Gasteiger partial charge in [-0.1, -0.05) is 23.5 Å². The van der Waals surface area contributed by atoms with Crippen molar-refractivity contribution in [2.24, 2.45) is 5.92 Å². The Bertz CT molecular complexity index is 774. The highest BCUT2D eigenvalue weighted by atomic mass is 32.1. The average molecular weight is 347 g/mol. The molecule has 7 heteroatoms. The lowest BCUT2D eigenvalue weighted by Gasteiger charge is -2.23. The molecule has 1 aliphatic heterocycles. The minimum absolute atomic E-state index is 0.000144. The van der Waals surface area contributed by atoms with Crippen LogP contribution in [0.2, 0.25) is 0 Å². The minimum atomic E-state index is -0.343. The number of rotatable bonds is 5. The third-order valence-corrected chi connectivity index (χ3v) is 5.26. The maximum absolute atomic E-state index is 12.5. The Labute approximate surface area is 144 Å². The number of para-hydroxylation sites is 1. The smallest absolute Gasteiger partial charge is 0.231 e. The number of amides is 2. The van der Waals surface area contributed by atoms with Gasteiger partial charge in [-0.15, -0.1) is 0 Å². The van der Waals surface area contributed by atoms with Crippen molar-refractivity contribution in [3.05, 3.63) is 23.8 Å². The molecule has 1 fully saturated rings. The topological polar surface area (TPSA) is 71.5 Å². The van der Waals surface area contributed by atoms with Gasteiger partial charge in [0.2, 0.25) is 11.8 Å². The molecule has 0 aliphatic carbocycles. The fraction of sp³-hybridized carbons (Fsp3) is 0.471. The summed E-state index contributed by atoms with van der Waals surface area (Å²) < 4.78 is 6.14. The standard InChI is InChI=1S/C17H21N3O3S/c1-10-5-4-6-13-15(10)18-17(24-13)19-16(22)12-7-14(21)20(8-12)11(2)9-23-3/h4-6,11-12H,7-9H2,1-3H3,(H,18,19,22)/t11-,12+/m1/s1. The normalized spacial score (nSPS) is 19.0. The number of aryl methyl sites for hydroxylation is 1. The van der Waals surface area contributed by atoms with Gasteiger partial charge in [0.1, 0.15) is 0 Å². The van der Waals surface area contributed by atoms with Crippen LogP contribution in [0.1, 0.15) is 18.9 Å². The molecule has 0 spiro atoms. The fourth-order valence-electron chi connectivity index (χ4n) is 3.01. The highest BCUT2D eigenvalue weighted by Crippen LogP contribution is 2.29. The Morgan fingerprint density at radius 2 is 2.33 bits per heavy atom. The summed E-state index contributed by atoms with van der Waals surface area (Å²) >= 11 is 1.45. The van der Waals surface area contributed by atoms with E-state index in [0.29, 0.717) is 18.3 Å². The number of methoxy groups -OCH3 is 1. The molecule has 1 N–H and O–H groups in total. The molecule has 6 nitrogen and oxygen atoms in total. The zero-order valence-corrected chi connectivity index (χ0v) is 14.9. The largest absolute Gasteiger partial charge is 0.383 e. The number of hydrogen-bond acceptors (Lipinski definition) is 5. The number of aromatic nitrogens is 1. The van der Waals surface area contributed by atoms with Gasteiger partial charge in [0.25, 0.3) is 0 Å². The summed E-state index contributed by atoms with van der Waals surface area (Å²) in [7, 11) is 1.61. The lowest BCUT2D eigenvalue weighted by Crippen LogP contribution is -2.38. The Morgan fingerprint density at radius 1 is 1.54 bits per heavy atom. The number of anilines is 1. The molecule has 2 atom stereocenters. The number of benzene rings is 1. The van der Waals surface area contributed by atoms with E-state index in [1.807, 2.05) is 32.0 Å². The summed E-state index contributed by atoms with van der Waals surface area (Å²) in [6, 6.07) is 5.94. The van der Waals surface area contributed by atoms with Gasteiger partial charge in [0.05, 0.1) is 28.8 Å². The Balaban J connectivity index is 1.68. The Morgan fingerprint density at radius 3 is 3.04 bits per heavy atom. The van der Waals surface area contributed by atoms with Crippen molar-refractivity contribution in [3.63, 3.8) is 0 Å². The van der Waals surface area contributed by atoms with Gasteiger partial charge in [-0.25, -0.2) is 4.98 Å². The van der Waals surface area contributed by atoms with E-state index in [-0.39, 0.29) is 30.2 Å². The van der Waals surface area contributed by atoms with Crippen LogP contribution >= 0.6 is 11.3 Å². The minimum Gasteiger partial charge on any atom is -0.383 e. The van der Waals surface area contributed by atoms with Crippen LogP contribution < -0.4 is 5.32 Å². The Kier molecular flexibility index (Phi) is 4.82. The van der Waals surface area contributed by atoms with Crippen LogP contribution in [0, 0.1) is 12.8 Å². The van der Waals surface area contributed by atoms with Crippen LogP contribution in [0.3, 0.4) is 0 Å². The summed E-state index contributed by atoms with van der Waals surface area (Å²) in [5.74, 6) is -0.489. The monoisotopic (exact) mass is 347 g/mol. The maximum atomic E-state index is 12.5. The molecule has 0 bridgehead atoms. The van der Waals surface area contributed by atoms with E-state index in [2.05, 4.69) is 10.3 Å². The number of fused-ring (bicyclic) bond motifs is 1. The third-order valence-electron chi connectivity index (χ3n) is 4.32. The molecule has 2 aromatic rings. The molecule has 0 radical (unpaired) electrons. The molecule has 0 unspecified atom stereocenters. The number of hydrogen-bond donors (Lipinski definition) is 1. The molecular formula is C17H21N3O3S. The molecule has 1 aromatic carbocycles. The first kappa shape index (κ1) is 16.9. The zero-order chi connectivity index (χ0) is 17.3. The second-order valence-electron chi connectivity index (χ2n) is 6.18. The van der Waals surface area contributed by atoms with Crippen molar-refractivity contribution in [2.75, 3.05) is 25.6 Å². The predicted molar refractivity (Wildman–Crippen MR) is 94.1 cm³/mol. The first-order valence-corrected chi connectivity index (χ1v) is 8.76. The number of carbonyl (C=O) groups is 2. The SMILES string of the molecule is COC[C@@H](C)N1C[C@@H](C(=O)Nc2nc3c(C)cccc3s2)CC1=O. The summed E-state index contributed by atoms with van der Waals surface area (Å²) in [4.78, 5) is 30.8. The first-order valence-electron chi connectivity index (χ1n) is 7.95. The van der Waals surface area contributed by atoms with Crippen LogP contribution in [0.4, 0.5) is 5.13 Å². The maximum Gasteiger partial charge on any atom is 0.231 e. The van der Waals surface area contributed by atoms with E-state index >= 15 is 0 Å². The Hall–Kier alpha value is -1.99. The number of carbonyl (C=O) groups excluding carboxylic acids is 2. The molecule has 1 aliphatic rings. The highest BCUT2D eigenvalue weighted by Gasteiger charge is 2.36. The summed E-state index contributed by atoms with van der Waals surface area (Å²) in [5, 5.41) is 3.45. The second-order valence-corrected chi connectivity index (χ2v) is 7.21. The van der Waals surface area contributed by atoms with Crippen LogP contribution in [0.25, 0.3) is 10.2 Å². The van der Waals surface area contributed by atoms with Crippen molar-refractivity contribution < 1.29 is 14.3 Å². The third kappa shape index (κ3) is 3.27. The number of likely N-dealkylation sites (tertiary alicyclic amines) is 1. The van der Waals surface area contributed by atoms with Crippen molar-refractivity contribution >= 4 is 38.5 Å². The zero-order valence-electron chi connectivity index (χ0n) is 14.0. The van der Waals surface area contributed by atoms with Gasteiger partial charge < -0.3 is 15.0 Å². The lowest BCUT2D eigenvalue weighted by atomic mass is 10.1. The predicted octanol–water partition coefficient (Wildman–Crippen LogP) is 2.43. The number of nitrogens with zero attached hydrogens (tertiary/aromatic N) is 2. The molecule has 1 saturated heterocycles. The summed E-state index contributed by atoms with van der Waals surface area (Å²) in [6.45, 7) is 4.83. The molecule has 128 valence electrons. The van der Waals surface area contributed by atoms with Gasteiger partial charge in [0.15, 0.2) is 5.13 Å². The molecule has 3 rings (SSSR count). The molecule has 24 heavy (non-hydrogen) atoms. The number of nitrogens with one attached hydrogen (secondary N) is 1. The van der Waals surface area contributed by atoms with Gasteiger partial charge >= 0.3 is 0 Å². The van der Waals surface area contributed by atoms with Crippen LogP contribution in [0.15, 0.2) is 18.2 Å². The van der Waals surface area contributed by atoms with Crippen molar-refractivity contribution in [2.45, 2.75) is 26.3 Å². The fourth-order valence-corrected chi connectivity index (χ4v) is 3.96. The van der Waals surface area contributed by atoms with Crippen LogP contribution in [-0.2, 0) is 14.3 Å². The molecule has 2 amide bonds. The van der Waals surface area contributed by atoms with E-state index in [0.717, 1.165) is 15.8 Å². The van der Waals surface area contributed by atoms with Gasteiger partial charge in [-0.3, -0.25) is 9.59 Å². The van der Waals surface area contributed by atoms with Crippen LogP contribution in [-0.4, -0.2) is 48.0 Å². The quantitative estimate of drug-likeness (QED) is 0.902. The van der Waals surface area contributed by atoms with Crippen molar-refractivity contribution in [3.8, 4) is 0 Å². The van der Waals surface area contributed by atoms with Gasteiger partial charge in [-0.2, -0.15) is 0 Å². The van der Waals surface area contributed by atoms with E-state index in [1.165, 1.54) is 11.3 Å². The number of thiazole rings is 1. The number of ether oxygens (including phenoxy) is 1. The van der Waals surface area contributed by atoms with E-state index < -0.39 is 0 Å².